The van der Waals surface area contributed by atoms with Gasteiger partial charge in [-0.05, 0) is 48.7 Å². The number of aliphatic imine (C=N–C) groups is 2. The molecule has 9 heteroatoms. The maximum atomic E-state index is 13.4. The van der Waals surface area contributed by atoms with Gasteiger partial charge in [-0.15, -0.1) is 0 Å². The zero-order chi connectivity index (χ0) is 26.5. The summed E-state index contributed by atoms with van der Waals surface area (Å²) in [5, 5.41) is 6.19. The average molecular weight is 526 g/mol. The van der Waals surface area contributed by atoms with Crippen molar-refractivity contribution in [1.29, 1.82) is 0 Å². The summed E-state index contributed by atoms with van der Waals surface area (Å²) in [6, 6.07) is 24.0. The van der Waals surface area contributed by atoms with Crippen LogP contribution in [0.2, 0.25) is 0 Å². The van der Waals surface area contributed by atoms with Crippen molar-refractivity contribution in [3.05, 3.63) is 95.6 Å². The highest BCUT2D eigenvalue weighted by Crippen LogP contribution is 2.34. The topological polar surface area (TPSA) is 103 Å². The molecule has 3 amide bonds. The number of fused-ring (bicyclic) bond motifs is 3. The number of benzene rings is 3. The molecule has 2 N–H and O–H groups in total. The lowest BCUT2D eigenvalue weighted by molar-refractivity contribution is -0.125. The van der Waals surface area contributed by atoms with E-state index in [1.807, 2.05) is 85.8 Å². The van der Waals surface area contributed by atoms with Crippen LogP contribution in [0, 0.1) is 6.92 Å². The lowest BCUT2D eigenvalue weighted by Crippen LogP contribution is -2.41. The Morgan fingerprint density at radius 2 is 1.76 bits per heavy atom. The van der Waals surface area contributed by atoms with E-state index in [2.05, 4.69) is 15.6 Å². The van der Waals surface area contributed by atoms with Crippen LogP contribution in [0.15, 0.2) is 88.8 Å². The van der Waals surface area contributed by atoms with Gasteiger partial charge in [0.05, 0.1) is 11.4 Å². The van der Waals surface area contributed by atoms with Gasteiger partial charge in [0.2, 0.25) is 11.8 Å². The number of thioether (sulfide) groups is 1. The van der Waals surface area contributed by atoms with Crippen molar-refractivity contribution in [1.82, 2.24) is 10.2 Å². The molecular formula is C29H27N5O3S. The summed E-state index contributed by atoms with van der Waals surface area (Å²) in [6.07, 6.45) is 0.460. The first-order chi connectivity index (χ1) is 18.5. The molecule has 0 aliphatic carbocycles. The Morgan fingerprint density at radius 3 is 2.58 bits per heavy atom. The molecule has 0 fully saturated rings. The number of hydrogen-bond donors (Lipinski definition) is 2. The average Bonchev–Trinajstić information content (AvgIpc) is 3.26. The van der Waals surface area contributed by atoms with Crippen LogP contribution >= 0.6 is 11.8 Å². The van der Waals surface area contributed by atoms with E-state index in [0.29, 0.717) is 23.2 Å². The molecule has 0 unspecified atom stereocenters. The molecule has 2 aliphatic heterocycles. The first-order valence-corrected chi connectivity index (χ1v) is 13.4. The van der Waals surface area contributed by atoms with Gasteiger partial charge in [-0.2, -0.15) is 0 Å². The van der Waals surface area contributed by atoms with Gasteiger partial charge in [0.25, 0.3) is 5.91 Å². The number of carbonyl (C=O) groups excluding carboxylic acids is 3. The fraction of sp³-hybridized carbons (Fsp3) is 0.207. The second-order valence-electron chi connectivity index (χ2n) is 9.06. The van der Waals surface area contributed by atoms with Crippen LogP contribution in [0.25, 0.3) is 0 Å². The Labute approximate surface area is 225 Å². The minimum absolute atomic E-state index is 0.0819. The van der Waals surface area contributed by atoms with E-state index >= 15 is 0 Å². The summed E-state index contributed by atoms with van der Waals surface area (Å²) in [4.78, 5) is 49.3. The molecule has 0 bridgehead atoms. The van der Waals surface area contributed by atoms with Crippen LogP contribution in [0.1, 0.15) is 29.5 Å². The van der Waals surface area contributed by atoms with Gasteiger partial charge in [0.15, 0.2) is 5.17 Å². The predicted octanol–water partition coefficient (Wildman–Crippen LogP) is 4.42. The summed E-state index contributed by atoms with van der Waals surface area (Å²) < 4.78 is 0. The van der Waals surface area contributed by atoms with Gasteiger partial charge in [-0.3, -0.25) is 19.4 Å². The Balaban J connectivity index is 1.24. The molecule has 0 spiro atoms. The van der Waals surface area contributed by atoms with Crippen molar-refractivity contribution in [2.75, 3.05) is 11.1 Å². The highest BCUT2D eigenvalue weighted by Gasteiger charge is 2.41. The minimum Gasteiger partial charge on any atom is -0.352 e. The van der Waals surface area contributed by atoms with Gasteiger partial charge in [0.1, 0.15) is 11.9 Å². The van der Waals surface area contributed by atoms with Crippen molar-refractivity contribution < 1.29 is 14.4 Å². The summed E-state index contributed by atoms with van der Waals surface area (Å²) >= 11 is 1.19. The summed E-state index contributed by atoms with van der Waals surface area (Å²) in [5.41, 5.74) is 4.23. The molecule has 0 saturated carbocycles. The molecule has 3 aromatic carbocycles. The quantitative estimate of drug-likeness (QED) is 0.454. The van der Waals surface area contributed by atoms with Crippen molar-refractivity contribution in [3.8, 4) is 0 Å². The van der Waals surface area contributed by atoms with Crippen LogP contribution < -0.4 is 10.6 Å². The molecule has 8 nitrogen and oxygen atoms in total. The number of hydrogen-bond acceptors (Lipinski definition) is 6. The molecular weight excluding hydrogens is 498 g/mol. The first kappa shape index (κ1) is 25.4. The second-order valence-corrected chi connectivity index (χ2v) is 10.0. The van der Waals surface area contributed by atoms with Crippen molar-refractivity contribution in [2.24, 2.45) is 9.98 Å². The third-order valence-corrected chi connectivity index (χ3v) is 7.10. The fourth-order valence-corrected chi connectivity index (χ4v) is 5.09. The summed E-state index contributed by atoms with van der Waals surface area (Å²) in [6.45, 7) is 2.40. The van der Waals surface area contributed by atoms with E-state index in [0.717, 1.165) is 22.4 Å². The van der Waals surface area contributed by atoms with Gasteiger partial charge in [0, 0.05) is 24.2 Å². The standard InChI is InChI=1S/C29H27N5O3S/c1-19-8-7-11-21(16-19)31-26(36)18-38-29-33-23-13-6-5-12-22(23)27-32-24(28(37)34(27)29)14-15-25(35)30-17-20-9-3-2-4-10-20/h2-13,16,24H,14-15,17-18H2,1H3,(H,30,35)(H,31,36)/t24-/m1/s1. The van der Waals surface area contributed by atoms with Crippen LogP contribution in [-0.4, -0.2) is 45.4 Å². The number of amides is 3. The molecule has 0 radical (unpaired) electrons. The number of anilines is 1. The van der Waals surface area contributed by atoms with Gasteiger partial charge >= 0.3 is 0 Å². The SMILES string of the molecule is Cc1cccc(NC(=O)CSC2=Nc3ccccc3C3=N[C@H](CCC(=O)NCc4ccccc4)C(=O)N23)c1. The van der Waals surface area contributed by atoms with E-state index in [1.165, 1.54) is 16.7 Å². The molecule has 1 atom stereocenters. The Morgan fingerprint density at radius 1 is 0.974 bits per heavy atom. The van der Waals surface area contributed by atoms with Crippen LogP contribution in [0.5, 0.6) is 0 Å². The van der Waals surface area contributed by atoms with Gasteiger partial charge in [-0.1, -0.05) is 66.4 Å². The zero-order valence-corrected chi connectivity index (χ0v) is 21.7. The monoisotopic (exact) mass is 525 g/mol. The zero-order valence-electron chi connectivity index (χ0n) is 20.9. The van der Waals surface area contributed by atoms with E-state index < -0.39 is 6.04 Å². The first-order valence-electron chi connectivity index (χ1n) is 12.4. The highest BCUT2D eigenvalue weighted by atomic mass is 32.2. The van der Waals surface area contributed by atoms with E-state index in [-0.39, 0.29) is 36.3 Å². The molecule has 3 aromatic rings. The maximum absolute atomic E-state index is 13.4. The van der Waals surface area contributed by atoms with Crippen LogP contribution in [0.3, 0.4) is 0 Å². The lowest BCUT2D eigenvalue weighted by atomic mass is 10.1. The number of nitrogens with one attached hydrogen (secondary N) is 2. The molecule has 0 aromatic heterocycles. The number of rotatable bonds is 8. The third-order valence-electron chi connectivity index (χ3n) is 6.16. The van der Waals surface area contributed by atoms with Gasteiger partial charge < -0.3 is 10.6 Å². The Hall–Kier alpha value is -4.24. The van der Waals surface area contributed by atoms with Crippen molar-refractivity contribution in [2.45, 2.75) is 32.4 Å². The molecule has 2 heterocycles. The molecule has 5 rings (SSSR count). The number of carbonyl (C=O) groups is 3. The number of nitrogens with zero attached hydrogens (tertiary/aromatic N) is 3. The van der Waals surface area contributed by atoms with Crippen LogP contribution in [0.4, 0.5) is 11.4 Å². The third kappa shape index (κ3) is 5.84. The Kier molecular flexibility index (Phi) is 7.65. The second kappa shape index (κ2) is 11.4. The number of para-hydroxylation sites is 1. The lowest BCUT2D eigenvalue weighted by Gasteiger charge is -2.25. The molecule has 2 aliphatic rings. The predicted molar refractivity (Wildman–Crippen MR) is 150 cm³/mol. The minimum atomic E-state index is -0.689. The molecule has 38 heavy (non-hydrogen) atoms. The van der Waals surface area contributed by atoms with E-state index in [9.17, 15) is 14.4 Å². The van der Waals surface area contributed by atoms with Crippen LogP contribution in [-0.2, 0) is 20.9 Å². The maximum Gasteiger partial charge on any atom is 0.259 e. The largest absolute Gasteiger partial charge is 0.352 e. The smallest absolute Gasteiger partial charge is 0.259 e. The summed E-state index contributed by atoms with van der Waals surface area (Å²) in [5.74, 6) is 0.0215. The highest BCUT2D eigenvalue weighted by molar-refractivity contribution is 8.14. The van der Waals surface area contributed by atoms with Crippen molar-refractivity contribution >= 4 is 51.9 Å². The Bertz CT molecular complexity index is 1440. The molecule has 0 saturated heterocycles. The number of amidine groups is 2. The van der Waals surface area contributed by atoms with Gasteiger partial charge in [-0.25, -0.2) is 9.89 Å². The normalized spacial score (nSPS) is 15.8. The molecule has 192 valence electrons. The number of aryl methyl sites for hydroxylation is 1. The fourth-order valence-electron chi connectivity index (χ4n) is 4.29. The van der Waals surface area contributed by atoms with Crippen molar-refractivity contribution in [3.63, 3.8) is 0 Å². The summed E-state index contributed by atoms with van der Waals surface area (Å²) in [7, 11) is 0. The van der Waals surface area contributed by atoms with E-state index in [1.54, 1.807) is 0 Å². The van der Waals surface area contributed by atoms with E-state index in [4.69, 9.17) is 4.99 Å².